The van der Waals surface area contributed by atoms with Gasteiger partial charge in [0.1, 0.15) is 0 Å². The maximum Gasteiger partial charge on any atom is 0.272 e. The molecule has 5 rings (SSSR count). The standard InChI is InChI=1S/C30H35Cl3N4O/c1-18-26(28(38)35-15-5-14-34-25-16-20-12-13-30(25,4)29(20,2)3)36-37(24-11-10-22(32)17-23(24)33)27(18)19-6-8-21(31)9-7-19/h6-11,17,20,25,34H,5,12-16H2,1-4H3,(H,35,38)/t20-,25-,30+/m0/s1. The number of aromatic nitrogens is 2. The normalized spacial score (nSPS) is 23.7. The molecular formula is C30H35Cl3N4O. The average molecular weight is 574 g/mol. The second kappa shape index (κ2) is 10.5. The minimum atomic E-state index is -0.199. The van der Waals surface area contributed by atoms with Crippen molar-refractivity contribution in [1.82, 2.24) is 20.4 Å². The summed E-state index contributed by atoms with van der Waals surface area (Å²) in [4.78, 5) is 13.3. The maximum atomic E-state index is 13.3. The van der Waals surface area contributed by atoms with Crippen molar-refractivity contribution in [2.24, 2.45) is 16.7 Å². The van der Waals surface area contributed by atoms with E-state index in [1.165, 1.54) is 19.3 Å². The monoisotopic (exact) mass is 572 g/mol. The molecule has 1 aromatic heterocycles. The predicted molar refractivity (Wildman–Crippen MR) is 157 cm³/mol. The summed E-state index contributed by atoms with van der Waals surface area (Å²) >= 11 is 18.8. The summed E-state index contributed by atoms with van der Waals surface area (Å²) in [5, 5.41) is 13.2. The highest BCUT2D eigenvalue weighted by atomic mass is 35.5. The average Bonchev–Trinajstić information content (AvgIpc) is 3.39. The molecule has 3 aromatic rings. The van der Waals surface area contributed by atoms with Crippen molar-refractivity contribution >= 4 is 40.7 Å². The Morgan fingerprint density at radius 3 is 2.39 bits per heavy atom. The summed E-state index contributed by atoms with van der Waals surface area (Å²) in [5.74, 6) is 0.612. The van der Waals surface area contributed by atoms with Gasteiger partial charge in [0.2, 0.25) is 0 Å². The Hall–Kier alpha value is -2.05. The number of carbonyl (C=O) groups is 1. The number of carbonyl (C=O) groups excluding carboxylic acids is 1. The van der Waals surface area contributed by atoms with Crippen LogP contribution in [-0.2, 0) is 0 Å². The first-order valence-electron chi connectivity index (χ1n) is 13.4. The van der Waals surface area contributed by atoms with Gasteiger partial charge in [0.05, 0.1) is 16.4 Å². The summed E-state index contributed by atoms with van der Waals surface area (Å²) in [6, 6.07) is 13.3. The van der Waals surface area contributed by atoms with Gasteiger partial charge in [0.25, 0.3) is 5.91 Å². The van der Waals surface area contributed by atoms with Crippen molar-refractivity contribution < 1.29 is 4.79 Å². The zero-order valence-electron chi connectivity index (χ0n) is 22.4. The molecule has 0 spiro atoms. The summed E-state index contributed by atoms with van der Waals surface area (Å²) in [5.41, 5.74) is 4.20. The predicted octanol–water partition coefficient (Wildman–Crippen LogP) is 7.73. The molecule has 2 aliphatic rings. The SMILES string of the molecule is Cc1c(C(=O)NCCCN[C@H]2C[C@@H]3CC[C@@]2(C)C3(C)C)nn(-c2ccc(Cl)cc2Cl)c1-c1ccc(Cl)cc1. The van der Waals surface area contributed by atoms with E-state index in [-0.39, 0.29) is 5.91 Å². The third-order valence-electron chi connectivity index (χ3n) is 9.42. The van der Waals surface area contributed by atoms with Crippen LogP contribution in [0.15, 0.2) is 42.5 Å². The number of hydrogen-bond donors (Lipinski definition) is 2. The van der Waals surface area contributed by atoms with Gasteiger partial charge in [-0.3, -0.25) is 4.79 Å². The first-order valence-corrected chi connectivity index (χ1v) is 14.5. The molecule has 2 fully saturated rings. The van der Waals surface area contributed by atoms with E-state index >= 15 is 0 Å². The zero-order chi connectivity index (χ0) is 27.2. The van der Waals surface area contributed by atoms with E-state index in [0.29, 0.717) is 49.9 Å². The van der Waals surface area contributed by atoms with E-state index in [9.17, 15) is 4.79 Å². The van der Waals surface area contributed by atoms with Crippen LogP contribution in [0, 0.1) is 23.7 Å². The van der Waals surface area contributed by atoms with Crippen molar-refractivity contribution in [3.63, 3.8) is 0 Å². The highest BCUT2D eigenvalue weighted by molar-refractivity contribution is 6.35. The van der Waals surface area contributed by atoms with Gasteiger partial charge in [-0.15, -0.1) is 0 Å². The minimum Gasteiger partial charge on any atom is -0.351 e. The Morgan fingerprint density at radius 1 is 1.05 bits per heavy atom. The quantitative estimate of drug-likeness (QED) is 0.271. The van der Waals surface area contributed by atoms with Crippen molar-refractivity contribution in [1.29, 1.82) is 0 Å². The smallest absolute Gasteiger partial charge is 0.272 e. The molecule has 0 unspecified atom stereocenters. The van der Waals surface area contributed by atoms with Crippen LogP contribution in [0.1, 0.15) is 62.5 Å². The van der Waals surface area contributed by atoms with Crippen molar-refractivity contribution in [3.05, 3.63) is 68.8 Å². The zero-order valence-corrected chi connectivity index (χ0v) is 24.6. The minimum absolute atomic E-state index is 0.199. The molecule has 0 saturated heterocycles. The number of nitrogens with zero attached hydrogens (tertiary/aromatic N) is 2. The fourth-order valence-electron chi connectivity index (χ4n) is 6.65. The fourth-order valence-corrected chi connectivity index (χ4v) is 7.26. The lowest BCUT2D eigenvalue weighted by molar-refractivity contribution is 0.0946. The van der Waals surface area contributed by atoms with E-state index in [1.54, 1.807) is 22.9 Å². The lowest BCUT2D eigenvalue weighted by Crippen LogP contribution is -2.45. The Labute approximate surface area is 240 Å². The maximum absolute atomic E-state index is 13.3. The highest BCUT2D eigenvalue weighted by Gasteiger charge is 2.60. The molecule has 2 aromatic carbocycles. The molecule has 5 nitrogen and oxygen atoms in total. The Bertz CT molecular complexity index is 1350. The molecule has 0 radical (unpaired) electrons. The van der Waals surface area contributed by atoms with Gasteiger partial charge in [-0.1, -0.05) is 67.7 Å². The second-order valence-electron chi connectivity index (χ2n) is 11.6. The molecule has 1 amide bonds. The molecule has 2 N–H and O–H groups in total. The Morgan fingerprint density at radius 2 is 1.76 bits per heavy atom. The first-order chi connectivity index (χ1) is 18.0. The number of hydrogen-bond acceptors (Lipinski definition) is 3. The lowest BCUT2D eigenvalue weighted by Gasteiger charge is -2.39. The third kappa shape index (κ3) is 4.77. The van der Waals surface area contributed by atoms with Crippen molar-refractivity contribution in [2.75, 3.05) is 13.1 Å². The topological polar surface area (TPSA) is 59.0 Å². The lowest BCUT2D eigenvalue weighted by atomic mass is 9.69. The molecule has 8 heteroatoms. The van der Waals surface area contributed by atoms with E-state index in [4.69, 9.17) is 39.9 Å². The number of amides is 1. The largest absolute Gasteiger partial charge is 0.351 e. The second-order valence-corrected chi connectivity index (χ2v) is 12.8. The van der Waals surface area contributed by atoms with Crippen LogP contribution in [0.25, 0.3) is 16.9 Å². The number of rotatable bonds is 8. The molecule has 0 aliphatic heterocycles. The summed E-state index contributed by atoms with van der Waals surface area (Å²) in [7, 11) is 0. The molecule has 2 bridgehead atoms. The van der Waals surface area contributed by atoms with Gasteiger partial charge in [0, 0.05) is 33.8 Å². The van der Waals surface area contributed by atoms with Gasteiger partial charge in [-0.25, -0.2) is 4.68 Å². The van der Waals surface area contributed by atoms with Gasteiger partial charge in [-0.2, -0.15) is 5.10 Å². The van der Waals surface area contributed by atoms with Crippen LogP contribution in [0.3, 0.4) is 0 Å². The van der Waals surface area contributed by atoms with Crippen LogP contribution in [-0.4, -0.2) is 34.8 Å². The highest BCUT2D eigenvalue weighted by Crippen LogP contribution is 2.65. The van der Waals surface area contributed by atoms with E-state index in [0.717, 1.165) is 35.7 Å². The van der Waals surface area contributed by atoms with Gasteiger partial charge < -0.3 is 10.6 Å². The van der Waals surface area contributed by atoms with Gasteiger partial charge in [0.15, 0.2) is 5.69 Å². The molecule has 1 heterocycles. The molecule has 202 valence electrons. The molecule has 2 saturated carbocycles. The van der Waals surface area contributed by atoms with Crippen LogP contribution in [0.5, 0.6) is 0 Å². The summed E-state index contributed by atoms with van der Waals surface area (Å²) in [6.45, 7) is 10.7. The Balaban J connectivity index is 1.29. The van der Waals surface area contributed by atoms with Crippen LogP contribution in [0.2, 0.25) is 15.1 Å². The van der Waals surface area contributed by atoms with Crippen LogP contribution in [0.4, 0.5) is 0 Å². The third-order valence-corrected chi connectivity index (χ3v) is 10.2. The molecular weight excluding hydrogens is 539 g/mol. The Kier molecular flexibility index (Phi) is 7.60. The molecule has 38 heavy (non-hydrogen) atoms. The van der Waals surface area contributed by atoms with E-state index in [1.807, 2.05) is 31.2 Å². The van der Waals surface area contributed by atoms with Gasteiger partial charge in [-0.05, 0) is 86.2 Å². The summed E-state index contributed by atoms with van der Waals surface area (Å²) < 4.78 is 1.71. The van der Waals surface area contributed by atoms with E-state index in [2.05, 4.69) is 31.4 Å². The van der Waals surface area contributed by atoms with Gasteiger partial charge >= 0.3 is 0 Å². The number of benzene rings is 2. The number of halogens is 3. The van der Waals surface area contributed by atoms with E-state index < -0.39 is 0 Å². The fraction of sp³-hybridized carbons (Fsp3) is 0.467. The van der Waals surface area contributed by atoms with Crippen LogP contribution >= 0.6 is 34.8 Å². The van der Waals surface area contributed by atoms with Crippen molar-refractivity contribution in [3.8, 4) is 16.9 Å². The summed E-state index contributed by atoms with van der Waals surface area (Å²) in [6.07, 6.45) is 4.76. The van der Waals surface area contributed by atoms with Crippen LogP contribution < -0.4 is 10.6 Å². The van der Waals surface area contributed by atoms with Crippen molar-refractivity contribution in [2.45, 2.75) is 59.4 Å². The molecule has 2 aliphatic carbocycles. The number of nitrogens with one attached hydrogen (secondary N) is 2. The first kappa shape index (κ1) is 27.5. The number of fused-ring (bicyclic) bond motifs is 2. The molecule has 3 atom stereocenters.